The summed E-state index contributed by atoms with van der Waals surface area (Å²) in [4.78, 5) is 10.8. The highest BCUT2D eigenvalue weighted by Crippen LogP contribution is 2.10. The minimum absolute atomic E-state index is 0.381. The summed E-state index contributed by atoms with van der Waals surface area (Å²) in [5.41, 5.74) is 0.381. The molecule has 3 nitrogen and oxygen atoms in total. The summed E-state index contributed by atoms with van der Waals surface area (Å²) < 4.78 is 4.68. The van der Waals surface area contributed by atoms with Crippen LogP contribution in [0.5, 0.6) is 0 Å². The van der Waals surface area contributed by atoms with Gasteiger partial charge in [-0.1, -0.05) is 6.08 Å². The fraction of sp³-hybridized carbons (Fsp3) is 0.571. The topological polar surface area (TPSA) is 46.5 Å². The number of rotatable bonds is 1. The second-order valence-corrected chi connectivity index (χ2v) is 2.26. The van der Waals surface area contributed by atoms with E-state index in [9.17, 15) is 4.79 Å². The Morgan fingerprint density at radius 2 is 2.50 bits per heavy atom. The summed E-state index contributed by atoms with van der Waals surface area (Å²) >= 11 is 0. The van der Waals surface area contributed by atoms with Gasteiger partial charge in [0.15, 0.2) is 0 Å². The van der Waals surface area contributed by atoms with Crippen molar-refractivity contribution in [2.45, 2.75) is 19.4 Å². The lowest BCUT2D eigenvalue weighted by Crippen LogP contribution is -2.21. The van der Waals surface area contributed by atoms with E-state index in [0.29, 0.717) is 18.6 Å². The second-order valence-electron chi connectivity index (χ2n) is 2.26. The van der Waals surface area contributed by atoms with Crippen LogP contribution in [-0.2, 0) is 9.53 Å². The third-order valence-electron chi connectivity index (χ3n) is 1.40. The van der Waals surface area contributed by atoms with Gasteiger partial charge < -0.3 is 9.84 Å². The van der Waals surface area contributed by atoms with Gasteiger partial charge in [-0.25, -0.2) is 4.79 Å². The Balaban J connectivity index is 2.71. The van der Waals surface area contributed by atoms with Crippen molar-refractivity contribution in [3.8, 4) is 0 Å². The van der Waals surface area contributed by atoms with E-state index in [1.165, 1.54) is 0 Å². The van der Waals surface area contributed by atoms with Gasteiger partial charge in [-0.2, -0.15) is 0 Å². The van der Waals surface area contributed by atoms with Gasteiger partial charge in [0.2, 0.25) is 0 Å². The fourth-order valence-electron chi connectivity index (χ4n) is 0.874. The molecule has 0 bridgehead atoms. The van der Waals surface area contributed by atoms with Crippen molar-refractivity contribution in [3.05, 3.63) is 11.6 Å². The maximum atomic E-state index is 10.8. The van der Waals surface area contributed by atoms with Crippen LogP contribution in [0.3, 0.4) is 0 Å². The Hall–Kier alpha value is -0.830. The lowest BCUT2D eigenvalue weighted by molar-refractivity contribution is -0.140. The number of esters is 1. The third kappa shape index (κ3) is 1.36. The molecule has 0 fully saturated rings. The molecule has 1 aliphatic heterocycles. The molecule has 1 aliphatic rings. The predicted octanol–water partition coefficient (Wildman–Crippen LogP) is 0.240. The van der Waals surface area contributed by atoms with Crippen LogP contribution < -0.4 is 0 Å². The molecule has 0 aromatic heterocycles. The summed E-state index contributed by atoms with van der Waals surface area (Å²) in [6, 6.07) is 0. The molecule has 0 saturated heterocycles. The summed E-state index contributed by atoms with van der Waals surface area (Å²) in [6.07, 6.45) is 1.73. The first-order chi connectivity index (χ1) is 4.72. The van der Waals surface area contributed by atoms with Crippen LogP contribution in [0.25, 0.3) is 0 Å². The first-order valence-corrected chi connectivity index (χ1v) is 3.27. The molecule has 0 aliphatic carbocycles. The molecular formula is C7H10O3. The molecule has 0 aromatic rings. The van der Waals surface area contributed by atoms with Gasteiger partial charge in [0, 0.05) is 6.42 Å². The van der Waals surface area contributed by atoms with Crippen molar-refractivity contribution in [1.82, 2.24) is 0 Å². The lowest BCUT2D eigenvalue weighted by Gasteiger charge is -2.14. The Morgan fingerprint density at radius 1 is 1.80 bits per heavy atom. The zero-order chi connectivity index (χ0) is 7.56. The number of hydrogen-bond donors (Lipinski definition) is 1. The molecule has 1 N–H and O–H groups in total. The van der Waals surface area contributed by atoms with Crippen LogP contribution >= 0.6 is 0 Å². The van der Waals surface area contributed by atoms with E-state index in [1.807, 2.05) is 0 Å². The van der Waals surface area contributed by atoms with E-state index in [1.54, 1.807) is 13.0 Å². The monoisotopic (exact) mass is 142 g/mol. The Bertz CT molecular complexity index is 170. The molecule has 1 heterocycles. The van der Waals surface area contributed by atoms with E-state index in [0.717, 1.165) is 0 Å². The number of hydrogen-bond acceptors (Lipinski definition) is 3. The van der Waals surface area contributed by atoms with Crippen molar-refractivity contribution >= 4 is 5.97 Å². The van der Waals surface area contributed by atoms with Crippen LogP contribution in [-0.4, -0.2) is 23.8 Å². The molecule has 56 valence electrons. The minimum Gasteiger partial charge on any atom is -0.462 e. The van der Waals surface area contributed by atoms with E-state index >= 15 is 0 Å². The highest BCUT2D eigenvalue weighted by atomic mass is 16.5. The highest BCUT2D eigenvalue weighted by Gasteiger charge is 2.18. The molecule has 0 radical (unpaired) electrons. The minimum atomic E-state index is -0.701. The average Bonchev–Trinajstić information content (AvgIpc) is 1.88. The van der Waals surface area contributed by atoms with Gasteiger partial charge in [-0.05, 0) is 6.92 Å². The van der Waals surface area contributed by atoms with E-state index < -0.39 is 6.10 Å². The van der Waals surface area contributed by atoms with E-state index in [-0.39, 0.29) is 5.97 Å². The lowest BCUT2D eigenvalue weighted by atomic mass is 10.1. The quantitative estimate of drug-likeness (QED) is 0.533. The van der Waals surface area contributed by atoms with Gasteiger partial charge >= 0.3 is 5.97 Å². The molecule has 3 heteroatoms. The number of ether oxygens (including phenoxy) is 1. The summed E-state index contributed by atoms with van der Waals surface area (Å²) in [5, 5.41) is 8.98. The van der Waals surface area contributed by atoms with Gasteiger partial charge in [0.1, 0.15) is 0 Å². The fourth-order valence-corrected chi connectivity index (χ4v) is 0.874. The molecule has 0 amide bonds. The Labute approximate surface area is 59.3 Å². The zero-order valence-corrected chi connectivity index (χ0v) is 5.83. The largest absolute Gasteiger partial charge is 0.462 e. The number of aliphatic hydroxyl groups is 1. The molecule has 0 spiro atoms. The highest BCUT2D eigenvalue weighted by molar-refractivity contribution is 5.90. The molecule has 0 saturated carbocycles. The normalized spacial score (nSPS) is 21.4. The summed E-state index contributed by atoms with van der Waals surface area (Å²) in [5.74, 6) is -0.388. The maximum Gasteiger partial charge on any atom is 0.336 e. The number of carbonyl (C=O) groups is 1. The molecule has 1 atom stereocenters. The van der Waals surface area contributed by atoms with Crippen LogP contribution in [0.4, 0.5) is 0 Å². The molecular weight excluding hydrogens is 132 g/mol. The summed E-state index contributed by atoms with van der Waals surface area (Å²) in [6.45, 7) is 1.99. The maximum absolute atomic E-state index is 10.8. The molecule has 0 aromatic carbocycles. The van der Waals surface area contributed by atoms with Crippen LogP contribution in [0.2, 0.25) is 0 Å². The van der Waals surface area contributed by atoms with Crippen molar-refractivity contribution in [3.63, 3.8) is 0 Å². The van der Waals surface area contributed by atoms with Gasteiger partial charge in [0.25, 0.3) is 0 Å². The van der Waals surface area contributed by atoms with Gasteiger partial charge in [0.05, 0.1) is 18.3 Å². The number of carbonyl (C=O) groups excluding carboxylic acids is 1. The first-order valence-electron chi connectivity index (χ1n) is 3.27. The standard InChI is InChI=1S/C7H10O3/c1-5(8)6-3-2-4-10-7(6)9/h3,5,8H,2,4H2,1H3. The smallest absolute Gasteiger partial charge is 0.336 e. The second kappa shape index (κ2) is 2.84. The van der Waals surface area contributed by atoms with Crippen LogP contribution in [0.1, 0.15) is 13.3 Å². The van der Waals surface area contributed by atoms with Crippen molar-refractivity contribution in [1.29, 1.82) is 0 Å². The first kappa shape index (κ1) is 7.28. The molecule has 10 heavy (non-hydrogen) atoms. The predicted molar refractivity (Wildman–Crippen MR) is 35.3 cm³/mol. The van der Waals surface area contributed by atoms with Crippen LogP contribution in [0, 0.1) is 0 Å². The van der Waals surface area contributed by atoms with Crippen LogP contribution in [0.15, 0.2) is 11.6 Å². The Kier molecular flexibility index (Phi) is 2.06. The summed E-state index contributed by atoms with van der Waals surface area (Å²) in [7, 11) is 0. The Morgan fingerprint density at radius 3 is 2.90 bits per heavy atom. The molecule has 1 rings (SSSR count). The van der Waals surface area contributed by atoms with Crippen molar-refractivity contribution in [2.75, 3.05) is 6.61 Å². The number of aliphatic hydroxyl groups excluding tert-OH is 1. The average molecular weight is 142 g/mol. The number of cyclic esters (lactones) is 1. The van der Waals surface area contributed by atoms with Gasteiger partial charge in [-0.3, -0.25) is 0 Å². The van der Waals surface area contributed by atoms with Crippen molar-refractivity contribution < 1.29 is 14.6 Å². The van der Waals surface area contributed by atoms with E-state index in [4.69, 9.17) is 5.11 Å². The SMILES string of the molecule is CC(O)C1=CCCOC1=O. The third-order valence-corrected chi connectivity index (χ3v) is 1.40. The zero-order valence-electron chi connectivity index (χ0n) is 5.83. The van der Waals surface area contributed by atoms with E-state index in [2.05, 4.69) is 4.74 Å². The molecule has 1 unspecified atom stereocenters. The van der Waals surface area contributed by atoms with Gasteiger partial charge in [-0.15, -0.1) is 0 Å². The van der Waals surface area contributed by atoms with Crippen molar-refractivity contribution in [2.24, 2.45) is 0 Å².